The number of hydrazine groups is 1. The number of pyridine rings is 1. The fourth-order valence-electron chi connectivity index (χ4n) is 2.26. The molecule has 9 heteroatoms. The predicted octanol–water partition coefficient (Wildman–Crippen LogP) is 3.04. The van der Waals surface area contributed by atoms with Crippen LogP contribution in [0.5, 0.6) is 0 Å². The lowest BCUT2D eigenvalue weighted by molar-refractivity contribution is 0.681. The smallest absolute Gasteiger partial charge is 0.276 e. The van der Waals surface area contributed by atoms with E-state index in [1.165, 1.54) is 4.57 Å². The molecule has 0 saturated heterocycles. The van der Waals surface area contributed by atoms with Gasteiger partial charge in [0, 0.05) is 18.3 Å². The molecule has 0 saturated carbocycles. The largest absolute Gasteiger partial charge is 0.352 e. The third-order valence-electron chi connectivity index (χ3n) is 3.49. The zero-order chi connectivity index (χ0) is 18.0. The van der Waals surface area contributed by atoms with E-state index in [0.29, 0.717) is 33.8 Å². The van der Waals surface area contributed by atoms with Crippen LogP contribution in [0.1, 0.15) is 6.92 Å². The van der Waals surface area contributed by atoms with Crippen molar-refractivity contribution < 1.29 is 0 Å². The van der Waals surface area contributed by atoms with E-state index in [4.69, 9.17) is 29.0 Å². The van der Waals surface area contributed by atoms with Gasteiger partial charge in [-0.15, -0.1) is 0 Å². The van der Waals surface area contributed by atoms with Crippen LogP contribution in [0.2, 0.25) is 10.0 Å². The van der Waals surface area contributed by atoms with Crippen LogP contribution in [0, 0.1) is 0 Å². The van der Waals surface area contributed by atoms with Crippen molar-refractivity contribution in [1.29, 1.82) is 0 Å². The van der Waals surface area contributed by atoms with E-state index >= 15 is 0 Å². The Labute approximate surface area is 153 Å². The van der Waals surface area contributed by atoms with Crippen molar-refractivity contribution in [3.8, 4) is 11.4 Å². The molecule has 25 heavy (non-hydrogen) atoms. The molecule has 0 unspecified atom stereocenters. The molecule has 0 amide bonds. The number of nitrogens with two attached hydrogens (primary N) is 1. The summed E-state index contributed by atoms with van der Waals surface area (Å²) >= 11 is 12.1. The summed E-state index contributed by atoms with van der Waals surface area (Å²) in [5.41, 5.74) is 0.159. The minimum absolute atomic E-state index is 0.0365. The van der Waals surface area contributed by atoms with Gasteiger partial charge < -0.3 is 0 Å². The summed E-state index contributed by atoms with van der Waals surface area (Å²) in [6.07, 6.45) is 1.59. The number of anilines is 2. The molecule has 0 fully saturated rings. The topological polar surface area (TPSA) is 89.9 Å². The quantitative estimate of drug-likeness (QED) is 0.555. The van der Waals surface area contributed by atoms with E-state index in [-0.39, 0.29) is 5.95 Å². The third-order valence-corrected chi connectivity index (χ3v) is 4.23. The number of aromatic nitrogens is 4. The summed E-state index contributed by atoms with van der Waals surface area (Å²) in [5, 5.41) is 1.94. The van der Waals surface area contributed by atoms with Crippen LogP contribution in [-0.4, -0.2) is 19.5 Å². The summed E-state index contributed by atoms with van der Waals surface area (Å²) in [4.78, 5) is 24.9. The second-order valence-corrected chi connectivity index (χ2v) is 5.88. The van der Waals surface area contributed by atoms with E-state index < -0.39 is 5.69 Å². The molecule has 7 nitrogen and oxygen atoms in total. The van der Waals surface area contributed by atoms with Gasteiger partial charge in [-0.2, -0.15) is 9.97 Å². The Balaban J connectivity index is 2.16. The molecule has 2 aromatic heterocycles. The van der Waals surface area contributed by atoms with Crippen molar-refractivity contribution in [2.75, 3.05) is 5.01 Å². The van der Waals surface area contributed by atoms with Crippen LogP contribution < -0.4 is 16.5 Å². The highest BCUT2D eigenvalue weighted by atomic mass is 35.5. The standard InChI is InChI=1S/C16H14Cl2N6O/c1-2-23-14(10-6-7-11(17)12(18)9-10)21-15(22-16(23)25)24(19)13-5-3-4-8-20-13/h3-9H,2,19H2,1H3. The van der Waals surface area contributed by atoms with Crippen molar-refractivity contribution in [2.45, 2.75) is 13.5 Å². The van der Waals surface area contributed by atoms with Gasteiger partial charge in [0.15, 0.2) is 0 Å². The first-order valence-electron chi connectivity index (χ1n) is 7.41. The van der Waals surface area contributed by atoms with E-state index in [2.05, 4.69) is 15.0 Å². The Morgan fingerprint density at radius 2 is 1.96 bits per heavy atom. The molecule has 0 aliphatic heterocycles. The van der Waals surface area contributed by atoms with Crippen molar-refractivity contribution in [2.24, 2.45) is 5.84 Å². The Kier molecular flexibility index (Phi) is 4.98. The number of nitrogens with zero attached hydrogens (tertiary/aromatic N) is 5. The molecule has 0 radical (unpaired) electrons. The molecule has 3 rings (SSSR count). The lowest BCUT2D eigenvalue weighted by Crippen LogP contribution is -2.33. The van der Waals surface area contributed by atoms with E-state index in [1.54, 1.807) is 42.6 Å². The van der Waals surface area contributed by atoms with Crippen LogP contribution in [0.4, 0.5) is 11.8 Å². The maximum absolute atomic E-state index is 12.4. The molecule has 1 aromatic carbocycles. The normalized spacial score (nSPS) is 10.7. The summed E-state index contributed by atoms with van der Waals surface area (Å²) < 4.78 is 1.43. The van der Waals surface area contributed by atoms with Crippen LogP contribution >= 0.6 is 23.2 Å². The SMILES string of the molecule is CCn1c(-c2ccc(Cl)c(Cl)c2)nc(N(N)c2ccccn2)nc1=O. The molecule has 2 N–H and O–H groups in total. The molecular weight excluding hydrogens is 363 g/mol. The lowest BCUT2D eigenvalue weighted by atomic mass is 10.2. The Morgan fingerprint density at radius 3 is 2.60 bits per heavy atom. The number of hydrogen-bond acceptors (Lipinski definition) is 6. The van der Waals surface area contributed by atoms with Crippen LogP contribution in [0.15, 0.2) is 47.4 Å². The maximum atomic E-state index is 12.4. The minimum Gasteiger partial charge on any atom is -0.276 e. The molecule has 3 aromatic rings. The third kappa shape index (κ3) is 3.48. The first kappa shape index (κ1) is 17.3. The van der Waals surface area contributed by atoms with Gasteiger partial charge in [-0.25, -0.2) is 20.6 Å². The average molecular weight is 377 g/mol. The summed E-state index contributed by atoms with van der Waals surface area (Å²) in [6, 6.07) is 10.2. The van der Waals surface area contributed by atoms with Crippen molar-refractivity contribution in [3.05, 3.63) is 63.1 Å². The van der Waals surface area contributed by atoms with Gasteiger partial charge in [-0.3, -0.25) is 4.57 Å². The zero-order valence-corrected chi connectivity index (χ0v) is 14.7. The second-order valence-electron chi connectivity index (χ2n) is 5.06. The van der Waals surface area contributed by atoms with Gasteiger partial charge in [0.05, 0.1) is 10.0 Å². The predicted molar refractivity (Wildman–Crippen MR) is 98.0 cm³/mol. The Bertz CT molecular complexity index is 961. The Morgan fingerprint density at radius 1 is 1.16 bits per heavy atom. The van der Waals surface area contributed by atoms with Gasteiger partial charge in [-0.05, 0) is 37.3 Å². The molecule has 128 valence electrons. The second kappa shape index (κ2) is 7.18. The maximum Gasteiger partial charge on any atom is 0.352 e. The molecule has 0 aliphatic carbocycles. The number of benzene rings is 1. The fourth-order valence-corrected chi connectivity index (χ4v) is 2.56. The van der Waals surface area contributed by atoms with Crippen molar-refractivity contribution >= 4 is 35.0 Å². The number of halogens is 2. The molecular formula is C16H14Cl2N6O. The van der Waals surface area contributed by atoms with Crippen LogP contribution in [0.25, 0.3) is 11.4 Å². The number of hydrogen-bond donors (Lipinski definition) is 1. The van der Waals surface area contributed by atoms with Crippen molar-refractivity contribution in [1.82, 2.24) is 19.5 Å². The lowest BCUT2D eigenvalue weighted by Gasteiger charge is -2.17. The van der Waals surface area contributed by atoms with E-state index in [1.807, 2.05) is 6.92 Å². The van der Waals surface area contributed by atoms with Crippen LogP contribution in [-0.2, 0) is 6.54 Å². The molecule has 0 atom stereocenters. The highest BCUT2D eigenvalue weighted by molar-refractivity contribution is 6.42. The van der Waals surface area contributed by atoms with Gasteiger partial charge in [0.1, 0.15) is 11.6 Å². The first-order chi connectivity index (χ1) is 12.0. The first-order valence-corrected chi connectivity index (χ1v) is 8.17. The molecule has 0 spiro atoms. The summed E-state index contributed by atoms with van der Waals surface area (Å²) in [7, 11) is 0. The fraction of sp³-hybridized carbons (Fsp3) is 0.125. The summed E-state index contributed by atoms with van der Waals surface area (Å²) in [6.45, 7) is 2.22. The summed E-state index contributed by atoms with van der Waals surface area (Å²) in [5.74, 6) is 6.87. The highest BCUT2D eigenvalue weighted by Crippen LogP contribution is 2.28. The zero-order valence-electron chi connectivity index (χ0n) is 13.2. The van der Waals surface area contributed by atoms with E-state index in [0.717, 1.165) is 5.01 Å². The minimum atomic E-state index is -0.472. The van der Waals surface area contributed by atoms with Crippen LogP contribution in [0.3, 0.4) is 0 Å². The Hall–Kier alpha value is -2.48. The highest BCUT2D eigenvalue weighted by Gasteiger charge is 2.16. The molecule has 2 heterocycles. The number of rotatable bonds is 4. The molecule has 0 bridgehead atoms. The monoisotopic (exact) mass is 376 g/mol. The van der Waals surface area contributed by atoms with Gasteiger partial charge >= 0.3 is 5.69 Å². The van der Waals surface area contributed by atoms with E-state index in [9.17, 15) is 4.79 Å². The average Bonchev–Trinajstić information content (AvgIpc) is 2.63. The molecule has 0 aliphatic rings. The van der Waals surface area contributed by atoms with Gasteiger partial charge in [-0.1, -0.05) is 29.3 Å². The van der Waals surface area contributed by atoms with Gasteiger partial charge in [0.2, 0.25) is 0 Å². The van der Waals surface area contributed by atoms with Gasteiger partial charge in [0.25, 0.3) is 5.95 Å². The van der Waals surface area contributed by atoms with Crippen molar-refractivity contribution in [3.63, 3.8) is 0 Å².